The molecular weight excluding hydrogens is 282 g/mol. The van der Waals surface area contributed by atoms with Crippen molar-refractivity contribution in [2.75, 3.05) is 6.54 Å². The summed E-state index contributed by atoms with van der Waals surface area (Å²) >= 11 is 0. The van der Waals surface area contributed by atoms with Gasteiger partial charge in [-0.05, 0) is 25.8 Å². The summed E-state index contributed by atoms with van der Waals surface area (Å²) in [5.41, 5.74) is 0. The summed E-state index contributed by atoms with van der Waals surface area (Å²) in [7, 11) is 0. The van der Waals surface area contributed by atoms with Crippen LogP contribution in [-0.2, 0) is 9.59 Å². The van der Waals surface area contributed by atoms with Crippen LogP contribution in [-0.4, -0.2) is 34.7 Å². The van der Waals surface area contributed by atoms with Gasteiger partial charge in [0.05, 0.1) is 0 Å². The quantitative estimate of drug-likeness (QED) is 0.377. The number of carbonyl (C=O) groups is 2. The van der Waals surface area contributed by atoms with Crippen LogP contribution in [0.25, 0.3) is 0 Å². The van der Waals surface area contributed by atoms with Crippen molar-refractivity contribution in [3.8, 4) is 0 Å². The van der Waals surface area contributed by atoms with Crippen molar-refractivity contribution in [3.05, 3.63) is 0 Å². The number of hydrogen-bond acceptors (Lipinski definition) is 3. The molecule has 22 heavy (non-hydrogen) atoms. The maximum Gasteiger partial charge on any atom is 0.320 e. The smallest absolute Gasteiger partial charge is 0.320 e. The first-order chi connectivity index (χ1) is 10.6. The number of unbranched alkanes of at least 4 members (excludes halogenated alkanes) is 8. The molecule has 0 unspecified atom stereocenters. The highest BCUT2D eigenvalue weighted by Gasteiger charge is 2.15. The molecular formula is C17H33NO4. The van der Waals surface area contributed by atoms with Crippen LogP contribution in [0, 0.1) is 0 Å². The average molecular weight is 315 g/mol. The number of aliphatic carboxylic acids is 2. The Bertz CT molecular complexity index is 294. The van der Waals surface area contributed by atoms with Crippen LogP contribution < -0.4 is 5.32 Å². The molecule has 0 aliphatic heterocycles. The van der Waals surface area contributed by atoms with Crippen LogP contribution in [0.4, 0.5) is 0 Å². The molecule has 0 aliphatic carbocycles. The Balaban J connectivity index is 3.56. The van der Waals surface area contributed by atoms with Gasteiger partial charge in [-0.3, -0.25) is 9.59 Å². The summed E-state index contributed by atoms with van der Waals surface area (Å²) in [6.07, 6.45) is 11.4. The Morgan fingerprint density at radius 2 is 1.45 bits per heavy atom. The normalized spacial score (nSPS) is 12.2. The number of rotatable bonds is 16. The third kappa shape index (κ3) is 13.9. The minimum atomic E-state index is -0.764. The van der Waals surface area contributed by atoms with Crippen LogP contribution in [0.15, 0.2) is 0 Å². The van der Waals surface area contributed by atoms with E-state index in [4.69, 9.17) is 5.11 Å². The van der Waals surface area contributed by atoms with Crippen molar-refractivity contribution >= 4 is 11.9 Å². The molecule has 0 saturated carbocycles. The predicted molar refractivity (Wildman–Crippen MR) is 88.1 cm³/mol. The van der Waals surface area contributed by atoms with Gasteiger partial charge < -0.3 is 15.5 Å². The molecule has 5 nitrogen and oxygen atoms in total. The second-order valence-electron chi connectivity index (χ2n) is 5.96. The van der Waals surface area contributed by atoms with Crippen LogP contribution in [0.3, 0.4) is 0 Å². The maximum absolute atomic E-state index is 11.2. The summed E-state index contributed by atoms with van der Waals surface area (Å²) in [5, 5.41) is 20.8. The molecule has 0 aromatic rings. The van der Waals surface area contributed by atoms with E-state index in [0.29, 0.717) is 19.4 Å². The molecule has 0 rings (SSSR count). The van der Waals surface area contributed by atoms with E-state index in [1.807, 2.05) is 0 Å². The van der Waals surface area contributed by atoms with E-state index in [2.05, 4.69) is 12.2 Å². The molecule has 3 N–H and O–H groups in total. The molecule has 0 bridgehead atoms. The highest BCUT2D eigenvalue weighted by atomic mass is 16.4. The summed E-state index contributed by atoms with van der Waals surface area (Å²) in [4.78, 5) is 21.5. The monoisotopic (exact) mass is 315 g/mol. The molecule has 0 heterocycles. The van der Waals surface area contributed by atoms with Crippen molar-refractivity contribution in [2.24, 2.45) is 0 Å². The summed E-state index contributed by atoms with van der Waals surface area (Å²) in [6.45, 7) is 2.88. The number of hydrogen-bond donors (Lipinski definition) is 3. The molecule has 0 aromatic heterocycles. The second-order valence-corrected chi connectivity index (χ2v) is 5.96. The molecule has 0 saturated heterocycles. The highest BCUT2D eigenvalue weighted by molar-refractivity contribution is 5.73. The van der Waals surface area contributed by atoms with E-state index in [0.717, 1.165) is 32.1 Å². The maximum atomic E-state index is 11.2. The fourth-order valence-corrected chi connectivity index (χ4v) is 2.47. The molecule has 0 spiro atoms. The van der Waals surface area contributed by atoms with E-state index >= 15 is 0 Å². The minimum absolute atomic E-state index is 0.225. The predicted octanol–water partition coefficient (Wildman–Crippen LogP) is 3.81. The van der Waals surface area contributed by atoms with Gasteiger partial charge in [0.15, 0.2) is 0 Å². The first kappa shape index (κ1) is 20.9. The third-order valence-electron chi connectivity index (χ3n) is 3.85. The Hall–Kier alpha value is -1.10. The molecule has 0 amide bonds. The van der Waals surface area contributed by atoms with Crippen molar-refractivity contribution in [2.45, 2.75) is 90.0 Å². The Labute approximate surface area is 134 Å². The molecule has 0 fully saturated rings. The third-order valence-corrected chi connectivity index (χ3v) is 3.85. The first-order valence-corrected chi connectivity index (χ1v) is 8.76. The summed E-state index contributed by atoms with van der Waals surface area (Å²) in [5.74, 6) is -1.51. The van der Waals surface area contributed by atoms with Gasteiger partial charge in [-0.25, -0.2) is 0 Å². The lowest BCUT2D eigenvalue weighted by Gasteiger charge is -2.14. The lowest BCUT2D eigenvalue weighted by Crippen LogP contribution is -2.37. The Morgan fingerprint density at radius 1 is 0.864 bits per heavy atom. The van der Waals surface area contributed by atoms with Gasteiger partial charge in [0.25, 0.3) is 0 Å². The van der Waals surface area contributed by atoms with E-state index < -0.39 is 18.0 Å². The van der Waals surface area contributed by atoms with E-state index in [1.165, 1.54) is 25.7 Å². The zero-order chi connectivity index (χ0) is 16.6. The van der Waals surface area contributed by atoms with Crippen molar-refractivity contribution in [1.82, 2.24) is 5.32 Å². The number of carboxylic acids is 2. The zero-order valence-corrected chi connectivity index (χ0v) is 14.0. The molecule has 5 heteroatoms. The fourth-order valence-electron chi connectivity index (χ4n) is 2.47. The van der Waals surface area contributed by atoms with Gasteiger partial charge >= 0.3 is 11.9 Å². The van der Waals surface area contributed by atoms with Crippen molar-refractivity contribution in [1.29, 1.82) is 0 Å². The van der Waals surface area contributed by atoms with Crippen LogP contribution in [0.2, 0.25) is 0 Å². The van der Waals surface area contributed by atoms with Crippen molar-refractivity contribution in [3.63, 3.8) is 0 Å². The van der Waals surface area contributed by atoms with E-state index in [1.54, 1.807) is 0 Å². The van der Waals surface area contributed by atoms with Gasteiger partial charge in [-0.1, -0.05) is 58.3 Å². The molecule has 0 aromatic carbocycles. The topological polar surface area (TPSA) is 86.6 Å². The minimum Gasteiger partial charge on any atom is -0.481 e. The van der Waals surface area contributed by atoms with Gasteiger partial charge in [0.2, 0.25) is 0 Å². The standard InChI is InChI=1S/C17H33NO4/c1-2-3-4-5-6-9-12-15(17(21)22)18-14-11-8-7-10-13-16(19)20/h15,18H,2-14H2,1H3,(H,19,20)(H,21,22)/t15-/m0/s1. The zero-order valence-electron chi connectivity index (χ0n) is 14.0. The lowest BCUT2D eigenvalue weighted by molar-refractivity contribution is -0.140. The van der Waals surface area contributed by atoms with Crippen LogP contribution in [0.5, 0.6) is 0 Å². The van der Waals surface area contributed by atoms with E-state index in [-0.39, 0.29) is 6.42 Å². The van der Waals surface area contributed by atoms with Crippen LogP contribution >= 0.6 is 0 Å². The number of nitrogens with one attached hydrogen (secondary N) is 1. The van der Waals surface area contributed by atoms with Gasteiger partial charge in [-0.15, -0.1) is 0 Å². The first-order valence-electron chi connectivity index (χ1n) is 8.76. The molecule has 1 atom stereocenters. The Morgan fingerprint density at radius 3 is 2.09 bits per heavy atom. The van der Waals surface area contributed by atoms with E-state index in [9.17, 15) is 14.7 Å². The summed E-state index contributed by atoms with van der Waals surface area (Å²) in [6, 6.07) is -0.440. The molecule has 0 radical (unpaired) electrons. The average Bonchev–Trinajstić information content (AvgIpc) is 2.46. The molecule has 0 aliphatic rings. The van der Waals surface area contributed by atoms with Gasteiger partial charge in [-0.2, -0.15) is 0 Å². The summed E-state index contributed by atoms with van der Waals surface area (Å²) < 4.78 is 0. The second kappa shape index (κ2) is 14.8. The lowest BCUT2D eigenvalue weighted by atomic mass is 10.1. The molecule has 130 valence electrons. The largest absolute Gasteiger partial charge is 0.481 e. The fraction of sp³-hybridized carbons (Fsp3) is 0.882. The highest BCUT2D eigenvalue weighted by Crippen LogP contribution is 2.09. The van der Waals surface area contributed by atoms with Gasteiger partial charge in [0.1, 0.15) is 6.04 Å². The van der Waals surface area contributed by atoms with Crippen molar-refractivity contribution < 1.29 is 19.8 Å². The number of carboxylic acid groups (broad SMARTS) is 2. The van der Waals surface area contributed by atoms with Gasteiger partial charge in [0, 0.05) is 6.42 Å². The Kier molecular flexibility index (Phi) is 14.1. The SMILES string of the molecule is CCCCCCCC[C@H](NCCCCCCC(=O)O)C(=O)O. The van der Waals surface area contributed by atoms with Crippen LogP contribution in [0.1, 0.15) is 84.0 Å².